The molecule has 0 bridgehead atoms. The Labute approximate surface area is 219 Å². The van der Waals surface area contributed by atoms with Crippen LogP contribution in [0.15, 0.2) is 24.3 Å². The molecule has 1 fully saturated rings. The lowest BCUT2D eigenvalue weighted by Crippen LogP contribution is -2.52. The van der Waals surface area contributed by atoms with E-state index in [1.165, 1.54) is 8.61 Å². The fourth-order valence-electron chi connectivity index (χ4n) is 4.45. The van der Waals surface area contributed by atoms with Crippen molar-refractivity contribution in [2.45, 2.75) is 85.1 Å². The minimum absolute atomic E-state index is 0.0155. The van der Waals surface area contributed by atoms with E-state index in [2.05, 4.69) is 0 Å². The molecule has 1 saturated heterocycles. The second-order valence-electron chi connectivity index (χ2n) is 10.5. The van der Waals surface area contributed by atoms with E-state index in [0.717, 1.165) is 11.1 Å². The molecule has 1 aliphatic heterocycles. The molecule has 0 spiro atoms. The maximum atomic E-state index is 13.7. The molecule has 0 atom stereocenters. The van der Waals surface area contributed by atoms with Crippen molar-refractivity contribution >= 4 is 26.0 Å². The van der Waals surface area contributed by atoms with Gasteiger partial charge in [-0.1, -0.05) is 45.0 Å². The zero-order valence-electron chi connectivity index (χ0n) is 22.8. The lowest BCUT2D eigenvalue weighted by Gasteiger charge is -2.39. The first-order valence-electron chi connectivity index (χ1n) is 13.1. The number of sulfonamides is 2. The molecule has 206 valence electrons. The molecule has 0 N–H and O–H groups in total. The SMILES string of the molecule is CCCS(=O)(=O)N(CCC(C)C)CC(=O)N(Cc1ccccc1C)C1CCN(S(=O)(=O)C(C)C)CC1. The van der Waals surface area contributed by atoms with Gasteiger partial charge in [-0.3, -0.25) is 4.79 Å². The highest BCUT2D eigenvalue weighted by Gasteiger charge is 2.35. The summed E-state index contributed by atoms with van der Waals surface area (Å²) in [6, 6.07) is 7.71. The van der Waals surface area contributed by atoms with Crippen molar-refractivity contribution in [2.75, 3.05) is 31.9 Å². The summed E-state index contributed by atoms with van der Waals surface area (Å²) in [5, 5.41) is -0.489. The molecule has 0 aliphatic carbocycles. The highest BCUT2D eigenvalue weighted by atomic mass is 32.2. The number of hydrogen-bond acceptors (Lipinski definition) is 5. The summed E-state index contributed by atoms with van der Waals surface area (Å²) in [4.78, 5) is 15.5. The number of benzene rings is 1. The second-order valence-corrected chi connectivity index (χ2v) is 15.1. The van der Waals surface area contributed by atoms with Crippen LogP contribution in [0.1, 0.15) is 71.4 Å². The number of rotatable bonds is 13. The van der Waals surface area contributed by atoms with E-state index in [0.29, 0.717) is 57.8 Å². The first kappa shape index (κ1) is 30.7. The zero-order chi connectivity index (χ0) is 27.1. The monoisotopic (exact) mass is 543 g/mol. The number of nitrogens with zero attached hydrogens (tertiary/aromatic N) is 3. The molecule has 8 nitrogen and oxygen atoms in total. The normalized spacial score (nSPS) is 16.2. The Bertz CT molecular complexity index is 1060. The summed E-state index contributed by atoms with van der Waals surface area (Å²) < 4.78 is 54.1. The molecule has 0 aromatic heterocycles. The molecule has 10 heteroatoms. The molecular formula is C26H45N3O5S2. The fraction of sp³-hybridized carbons (Fsp3) is 0.731. The largest absolute Gasteiger partial charge is 0.334 e. The first-order valence-corrected chi connectivity index (χ1v) is 16.2. The van der Waals surface area contributed by atoms with Crippen LogP contribution in [0, 0.1) is 12.8 Å². The van der Waals surface area contributed by atoms with Gasteiger partial charge in [-0.25, -0.2) is 21.1 Å². The fourth-order valence-corrected chi connectivity index (χ4v) is 7.23. The molecule has 36 heavy (non-hydrogen) atoms. The summed E-state index contributed by atoms with van der Waals surface area (Å²) in [5.41, 5.74) is 2.07. The van der Waals surface area contributed by atoms with Gasteiger partial charge in [0.15, 0.2) is 0 Å². The van der Waals surface area contributed by atoms with Crippen LogP contribution < -0.4 is 0 Å². The van der Waals surface area contributed by atoms with Gasteiger partial charge in [0.05, 0.1) is 17.5 Å². The van der Waals surface area contributed by atoms with E-state index >= 15 is 0 Å². The highest BCUT2D eigenvalue weighted by molar-refractivity contribution is 7.89. The van der Waals surface area contributed by atoms with Crippen LogP contribution in [-0.2, 0) is 31.4 Å². The topological polar surface area (TPSA) is 95.1 Å². The highest BCUT2D eigenvalue weighted by Crippen LogP contribution is 2.24. The summed E-state index contributed by atoms with van der Waals surface area (Å²) in [6.45, 7) is 12.5. The van der Waals surface area contributed by atoms with E-state index in [1.807, 2.05) is 52.0 Å². The van der Waals surface area contributed by atoms with Crippen molar-refractivity contribution in [1.29, 1.82) is 0 Å². The third-order valence-electron chi connectivity index (χ3n) is 6.87. The molecule has 1 amide bonds. The van der Waals surface area contributed by atoms with Crippen LogP contribution in [0.25, 0.3) is 0 Å². The van der Waals surface area contributed by atoms with Crippen LogP contribution in [0.4, 0.5) is 0 Å². The number of carbonyl (C=O) groups excluding carboxylic acids is 1. The van der Waals surface area contributed by atoms with Crippen LogP contribution in [0.3, 0.4) is 0 Å². The minimum atomic E-state index is -3.55. The van der Waals surface area contributed by atoms with Crippen molar-refractivity contribution in [1.82, 2.24) is 13.5 Å². The van der Waals surface area contributed by atoms with Crippen LogP contribution in [-0.4, -0.2) is 79.5 Å². The lowest BCUT2D eigenvalue weighted by atomic mass is 10.0. The van der Waals surface area contributed by atoms with Gasteiger partial charge in [-0.15, -0.1) is 0 Å². The summed E-state index contributed by atoms with van der Waals surface area (Å²) in [5.74, 6) is 0.100. The van der Waals surface area contributed by atoms with Gasteiger partial charge in [0.2, 0.25) is 26.0 Å². The van der Waals surface area contributed by atoms with Crippen LogP contribution in [0.2, 0.25) is 0 Å². The van der Waals surface area contributed by atoms with Gasteiger partial charge in [0.1, 0.15) is 0 Å². The Morgan fingerprint density at radius 2 is 1.67 bits per heavy atom. The maximum Gasteiger partial charge on any atom is 0.238 e. The van der Waals surface area contributed by atoms with Crippen molar-refractivity contribution in [3.05, 3.63) is 35.4 Å². The van der Waals surface area contributed by atoms with Crippen LogP contribution in [0.5, 0.6) is 0 Å². The smallest absolute Gasteiger partial charge is 0.238 e. The van der Waals surface area contributed by atoms with Crippen LogP contribution >= 0.6 is 0 Å². The molecule has 0 unspecified atom stereocenters. The predicted octanol–water partition coefficient (Wildman–Crippen LogP) is 3.61. The van der Waals surface area contributed by atoms with Gasteiger partial charge in [-0.2, -0.15) is 4.31 Å². The third-order valence-corrected chi connectivity index (χ3v) is 11.2. The number of hydrogen-bond donors (Lipinski definition) is 0. The lowest BCUT2D eigenvalue weighted by molar-refractivity contribution is -0.135. The van der Waals surface area contributed by atoms with E-state index in [-0.39, 0.29) is 24.2 Å². The Kier molecular flexibility index (Phi) is 11.4. The van der Waals surface area contributed by atoms with Crippen molar-refractivity contribution in [3.8, 4) is 0 Å². The van der Waals surface area contributed by atoms with E-state index in [4.69, 9.17) is 0 Å². The maximum absolute atomic E-state index is 13.7. The van der Waals surface area contributed by atoms with Gasteiger partial charge in [0, 0.05) is 32.2 Å². The van der Waals surface area contributed by atoms with Gasteiger partial charge in [0.25, 0.3) is 0 Å². The Morgan fingerprint density at radius 3 is 2.19 bits per heavy atom. The van der Waals surface area contributed by atoms with Crippen molar-refractivity contribution in [3.63, 3.8) is 0 Å². The van der Waals surface area contributed by atoms with Gasteiger partial charge < -0.3 is 4.90 Å². The molecule has 1 heterocycles. The molecule has 0 saturated carbocycles. The Balaban J connectivity index is 2.30. The average molecular weight is 544 g/mol. The van der Waals surface area contributed by atoms with Crippen molar-refractivity contribution in [2.24, 2.45) is 5.92 Å². The van der Waals surface area contributed by atoms with E-state index in [1.54, 1.807) is 18.7 Å². The Hall–Kier alpha value is -1.49. The molecule has 2 rings (SSSR count). The van der Waals surface area contributed by atoms with Gasteiger partial charge in [-0.05, 0) is 63.5 Å². The second kappa shape index (κ2) is 13.3. The summed E-state index contributed by atoms with van der Waals surface area (Å²) in [6.07, 6.45) is 2.22. The minimum Gasteiger partial charge on any atom is -0.334 e. The summed E-state index contributed by atoms with van der Waals surface area (Å²) >= 11 is 0. The molecule has 1 aromatic carbocycles. The molecular weight excluding hydrogens is 498 g/mol. The standard InChI is InChI=1S/C26H45N3O5S2/c1-7-18-35(31,32)28(15-12-21(2)3)20-26(30)29(19-24-11-9-8-10-23(24)6)25-13-16-27(17-14-25)36(33,34)22(4)5/h8-11,21-22,25H,7,12-20H2,1-6H3. The zero-order valence-corrected chi connectivity index (χ0v) is 24.4. The third kappa shape index (κ3) is 8.26. The number of amides is 1. The number of piperidine rings is 1. The van der Waals surface area contributed by atoms with E-state index < -0.39 is 25.3 Å². The van der Waals surface area contributed by atoms with Crippen molar-refractivity contribution < 1.29 is 21.6 Å². The van der Waals surface area contributed by atoms with E-state index in [9.17, 15) is 21.6 Å². The number of carbonyl (C=O) groups is 1. The Morgan fingerprint density at radius 1 is 1.06 bits per heavy atom. The molecule has 0 radical (unpaired) electrons. The average Bonchev–Trinajstić information content (AvgIpc) is 2.80. The summed E-state index contributed by atoms with van der Waals surface area (Å²) in [7, 11) is -6.90. The predicted molar refractivity (Wildman–Crippen MR) is 145 cm³/mol. The molecule has 1 aliphatic rings. The molecule has 1 aromatic rings. The quantitative estimate of drug-likeness (QED) is 0.379. The van der Waals surface area contributed by atoms with Gasteiger partial charge >= 0.3 is 0 Å². The number of aryl methyl sites for hydroxylation is 1. The first-order chi connectivity index (χ1) is 16.8.